The zero-order valence-electron chi connectivity index (χ0n) is 7.69. The Morgan fingerprint density at radius 1 is 0.389 bits per heavy atom. The van der Waals surface area contributed by atoms with Crippen molar-refractivity contribution < 1.29 is 20.3 Å². The van der Waals surface area contributed by atoms with Gasteiger partial charge in [0.1, 0.15) is 0 Å². The monoisotopic (exact) mass is 664 g/mol. The summed E-state index contributed by atoms with van der Waals surface area (Å²) in [6.45, 7) is 0. The van der Waals surface area contributed by atoms with Crippen LogP contribution in [0.4, 0.5) is 0 Å². The molecular formula is N4O12Pb2. The molecule has 0 spiro atoms. The van der Waals surface area contributed by atoms with Gasteiger partial charge in [-0.25, -0.2) is 0 Å². The minimum Gasteiger partial charge on any atom is -0.356 e. The van der Waals surface area contributed by atoms with E-state index in [1.165, 1.54) is 0 Å². The van der Waals surface area contributed by atoms with E-state index < -0.39 is 20.3 Å². The van der Waals surface area contributed by atoms with Crippen molar-refractivity contribution in [2.24, 2.45) is 0 Å². The Morgan fingerprint density at radius 2 is 0.389 bits per heavy atom. The molecule has 0 saturated carbocycles. The summed E-state index contributed by atoms with van der Waals surface area (Å²) in [5.74, 6) is 0. The zero-order chi connectivity index (χ0) is 14.3. The maximum Gasteiger partial charge on any atom is 2.00 e. The average molecular weight is 662 g/mol. The van der Waals surface area contributed by atoms with Crippen molar-refractivity contribution in [1.29, 1.82) is 0 Å². The van der Waals surface area contributed by atoms with Gasteiger partial charge in [-0.3, -0.25) is 0 Å². The van der Waals surface area contributed by atoms with Crippen LogP contribution >= 0.6 is 0 Å². The molecule has 4 radical (unpaired) electrons. The number of hydrogen-bond acceptors (Lipinski definition) is 12. The van der Waals surface area contributed by atoms with Crippen LogP contribution in [0.15, 0.2) is 0 Å². The molecule has 0 bridgehead atoms. The number of hydrogen-bond donors (Lipinski definition) is 0. The molecular weight excluding hydrogens is 662 g/mol. The van der Waals surface area contributed by atoms with Crippen LogP contribution < -0.4 is 0 Å². The molecule has 18 heavy (non-hydrogen) atoms. The summed E-state index contributed by atoms with van der Waals surface area (Å²) < 4.78 is 0. The molecule has 0 amide bonds. The summed E-state index contributed by atoms with van der Waals surface area (Å²) in [7, 11) is 0. The van der Waals surface area contributed by atoms with Gasteiger partial charge in [-0.15, -0.1) is 0 Å². The van der Waals surface area contributed by atoms with Crippen molar-refractivity contribution in [1.82, 2.24) is 0 Å². The number of nitrogens with zero attached hydrogens (tertiary/aromatic N) is 4. The first kappa shape index (κ1) is 36.0. The molecule has 0 atom stereocenters. The maximum atomic E-state index is 8.25. The zero-order valence-corrected chi connectivity index (χ0v) is 15.5. The summed E-state index contributed by atoms with van der Waals surface area (Å²) >= 11 is 0. The van der Waals surface area contributed by atoms with Crippen molar-refractivity contribution in [3.05, 3.63) is 61.3 Å². The molecule has 0 rings (SSSR count). The van der Waals surface area contributed by atoms with Gasteiger partial charge in [-0.2, -0.15) is 0 Å². The van der Waals surface area contributed by atoms with E-state index in [0.29, 0.717) is 0 Å². The quantitative estimate of drug-likeness (QED) is 0.159. The average Bonchev–Trinajstić information content (AvgIpc) is 1.76. The van der Waals surface area contributed by atoms with Crippen molar-refractivity contribution in [2.45, 2.75) is 0 Å². The minimum absolute atomic E-state index is 0. The van der Waals surface area contributed by atoms with Crippen LogP contribution in [0.25, 0.3) is 0 Å². The second kappa shape index (κ2) is 29.6. The SMILES string of the molecule is O=[N+]([O-])[O-].O=[N+]([O-])[O-].O=[N+]([O-])[O-].O=[N+]([O-])[O-].[Pb+2].[Pb+2]. The standard InChI is InChI=1S/4NO3.2Pb/c4*2-1(3)4;;/q4*-1;2*+2. The molecule has 0 unspecified atom stereocenters. The minimum atomic E-state index is -1.75. The van der Waals surface area contributed by atoms with Crippen LogP contribution in [0.5, 0.6) is 0 Å². The van der Waals surface area contributed by atoms with E-state index in [1.807, 2.05) is 0 Å². The van der Waals surface area contributed by atoms with E-state index in [2.05, 4.69) is 0 Å². The van der Waals surface area contributed by atoms with E-state index >= 15 is 0 Å². The van der Waals surface area contributed by atoms with E-state index in [0.717, 1.165) is 0 Å². The predicted octanol–water partition coefficient (Wildman–Crippen LogP) is -1.72. The Morgan fingerprint density at radius 3 is 0.389 bits per heavy atom. The summed E-state index contributed by atoms with van der Waals surface area (Å²) in [5, 5.41) is 59.0. The Bertz CT molecular complexity index is 162. The number of rotatable bonds is 0. The van der Waals surface area contributed by atoms with Crippen molar-refractivity contribution in [3.63, 3.8) is 0 Å². The predicted molar refractivity (Wildman–Crippen MR) is 53.0 cm³/mol. The Balaban J connectivity index is -0.0000000257. The van der Waals surface area contributed by atoms with Gasteiger partial charge in [-0.1, -0.05) is 0 Å². The van der Waals surface area contributed by atoms with Gasteiger partial charge in [0, 0.05) is 0 Å². The molecule has 0 aromatic carbocycles. The molecule has 18 heteroatoms. The van der Waals surface area contributed by atoms with Crippen LogP contribution in [-0.2, 0) is 0 Å². The molecule has 0 N–H and O–H groups in total. The molecule has 0 heterocycles. The van der Waals surface area contributed by atoms with Crippen molar-refractivity contribution in [3.8, 4) is 0 Å². The van der Waals surface area contributed by atoms with Crippen LogP contribution in [-0.4, -0.2) is 74.9 Å². The van der Waals surface area contributed by atoms with Gasteiger partial charge >= 0.3 is 54.6 Å². The first-order valence-corrected chi connectivity index (χ1v) is 2.19. The fourth-order valence-electron chi connectivity index (χ4n) is 0. The molecule has 0 aromatic heterocycles. The third-order valence-corrected chi connectivity index (χ3v) is 0. The Labute approximate surface area is 136 Å². The summed E-state index contributed by atoms with van der Waals surface area (Å²) in [6, 6.07) is 0. The molecule has 0 fully saturated rings. The van der Waals surface area contributed by atoms with Gasteiger partial charge in [-0.05, 0) is 0 Å². The maximum absolute atomic E-state index is 8.25. The molecule has 0 aliphatic rings. The fraction of sp³-hybridized carbons (Fsp3) is 0. The smallest absolute Gasteiger partial charge is 0.356 e. The van der Waals surface area contributed by atoms with E-state index in [4.69, 9.17) is 61.3 Å². The first-order chi connectivity index (χ1) is 6.93. The molecule has 0 saturated heterocycles. The third kappa shape index (κ3) is 1480. The van der Waals surface area contributed by atoms with Gasteiger partial charge in [0.25, 0.3) is 0 Å². The topological polar surface area (TPSA) is 265 Å². The second-order valence-electron chi connectivity index (χ2n) is 0.894. The fourth-order valence-corrected chi connectivity index (χ4v) is 0. The van der Waals surface area contributed by atoms with Crippen LogP contribution in [0.3, 0.4) is 0 Å². The summed E-state index contributed by atoms with van der Waals surface area (Å²) in [6.07, 6.45) is 0. The molecule has 16 nitrogen and oxygen atoms in total. The van der Waals surface area contributed by atoms with Gasteiger partial charge in [0.15, 0.2) is 0 Å². The Hall–Kier alpha value is -1.36. The molecule has 0 aliphatic heterocycles. The van der Waals surface area contributed by atoms with Crippen LogP contribution in [0.2, 0.25) is 0 Å². The summed E-state index contributed by atoms with van der Waals surface area (Å²) in [4.78, 5) is 33.0. The summed E-state index contributed by atoms with van der Waals surface area (Å²) in [5.41, 5.74) is 0. The van der Waals surface area contributed by atoms with E-state index in [1.54, 1.807) is 0 Å². The van der Waals surface area contributed by atoms with Crippen molar-refractivity contribution in [2.75, 3.05) is 0 Å². The molecule has 0 aliphatic carbocycles. The second-order valence-corrected chi connectivity index (χ2v) is 0.894. The van der Waals surface area contributed by atoms with Gasteiger partial charge in [0.2, 0.25) is 0 Å². The van der Waals surface area contributed by atoms with Crippen LogP contribution in [0.1, 0.15) is 0 Å². The normalized spacial score (nSPS) is 5.33. The molecule has 100 valence electrons. The van der Waals surface area contributed by atoms with Crippen LogP contribution in [0, 0.1) is 61.3 Å². The van der Waals surface area contributed by atoms with E-state index in [-0.39, 0.29) is 54.6 Å². The van der Waals surface area contributed by atoms with Gasteiger partial charge in [0.05, 0.1) is 20.3 Å². The van der Waals surface area contributed by atoms with Gasteiger partial charge < -0.3 is 61.3 Å². The largest absolute Gasteiger partial charge is 2.00 e. The van der Waals surface area contributed by atoms with E-state index in [9.17, 15) is 0 Å². The third-order valence-electron chi connectivity index (χ3n) is 0. The van der Waals surface area contributed by atoms with Crippen molar-refractivity contribution >= 4 is 54.6 Å². The molecule has 0 aromatic rings. The first-order valence-electron chi connectivity index (χ1n) is 2.19. The Kier molecular flexibility index (Phi) is 59.1.